The van der Waals surface area contributed by atoms with Gasteiger partial charge in [0.25, 0.3) is 0 Å². The van der Waals surface area contributed by atoms with Crippen LogP contribution in [0.5, 0.6) is 0 Å². The fourth-order valence-corrected chi connectivity index (χ4v) is 2.51. The van der Waals surface area contributed by atoms with Gasteiger partial charge < -0.3 is 25.2 Å². The van der Waals surface area contributed by atoms with Crippen LogP contribution in [0.2, 0.25) is 0 Å². The highest BCUT2D eigenvalue weighted by molar-refractivity contribution is 5.84. The van der Waals surface area contributed by atoms with Crippen LogP contribution in [0.4, 0.5) is 4.79 Å². The maximum absolute atomic E-state index is 12.2. The summed E-state index contributed by atoms with van der Waals surface area (Å²) in [5.41, 5.74) is -0.542. The summed E-state index contributed by atoms with van der Waals surface area (Å²) in [7, 11) is 0. The largest absolute Gasteiger partial charge is 0.444 e. The minimum atomic E-state index is -0.542. The van der Waals surface area contributed by atoms with Gasteiger partial charge in [0, 0.05) is 59.0 Å². The molecule has 154 valence electrons. The van der Waals surface area contributed by atoms with E-state index in [9.17, 15) is 19.2 Å². The van der Waals surface area contributed by atoms with Crippen LogP contribution in [0, 0.1) is 0 Å². The summed E-state index contributed by atoms with van der Waals surface area (Å²) in [5.74, 6) is -0.371. The van der Waals surface area contributed by atoms with Crippen molar-refractivity contribution in [1.29, 1.82) is 0 Å². The van der Waals surface area contributed by atoms with Crippen molar-refractivity contribution >= 4 is 23.8 Å². The average molecular weight is 384 g/mol. The van der Waals surface area contributed by atoms with E-state index in [1.165, 1.54) is 6.92 Å². The molecule has 0 spiro atoms. The van der Waals surface area contributed by atoms with E-state index >= 15 is 0 Å². The molecule has 1 aliphatic rings. The Balaban J connectivity index is 2.20. The number of nitrogens with zero attached hydrogens (tertiary/aromatic N) is 2. The van der Waals surface area contributed by atoms with Gasteiger partial charge in [-0.1, -0.05) is 0 Å². The highest BCUT2D eigenvalue weighted by Gasteiger charge is 2.27. The molecule has 0 aromatic rings. The Morgan fingerprint density at radius 2 is 1.44 bits per heavy atom. The van der Waals surface area contributed by atoms with Gasteiger partial charge in [0.05, 0.1) is 0 Å². The molecule has 1 fully saturated rings. The lowest BCUT2D eigenvalue weighted by Crippen LogP contribution is -2.51. The number of amides is 4. The molecule has 0 atom stereocenters. The summed E-state index contributed by atoms with van der Waals surface area (Å²) in [5, 5.41) is 5.38. The fourth-order valence-electron chi connectivity index (χ4n) is 2.51. The van der Waals surface area contributed by atoms with E-state index in [-0.39, 0.29) is 36.7 Å². The first kappa shape index (κ1) is 22.7. The number of hydrogen-bond acceptors (Lipinski definition) is 5. The molecule has 1 rings (SSSR count). The number of rotatable bonds is 7. The van der Waals surface area contributed by atoms with Gasteiger partial charge in [-0.2, -0.15) is 0 Å². The molecule has 0 saturated carbocycles. The Hall–Kier alpha value is -2.32. The summed E-state index contributed by atoms with van der Waals surface area (Å²) < 4.78 is 5.33. The zero-order chi connectivity index (χ0) is 20.4. The molecule has 0 aliphatic carbocycles. The van der Waals surface area contributed by atoms with Crippen molar-refractivity contribution in [1.82, 2.24) is 20.4 Å². The quantitative estimate of drug-likeness (QED) is 0.621. The van der Waals surface area contributed by atoms with E-state index in [0.717, 1.165) is 0 Å². The molecule has 1 saturated heterocycles. The van der Waals surface area contributed by atoms with Crippen molar-refractivity contribution in [2.45, 2.75) is 52.6 Å². The van der Waals surface area contributed by atoms with E-state index < -0.39 is 5.60 Å². The zero-order valence-electron chi connectivity index (χ0n) is 16.8. The first-order valence-corrected chi connectivity index (χ1v) is 9.35. The van der Waals surface area contributed by atoms with Gasteiger partial charge in [-0.05, 0) is 27.2 Å². The molecule has 1 aliphatic heterocycles. The Labute approximate surface area is 160 Å². The summed E-state index contributed by atoms with van der Waals surface area (Å²) in [6, 6.07) is 0. The van der Waals surface area contributed by atoms with Crippen LogP contribution < -0.4 is 10.6 Å². The van der Waals surface area contributed by atoms with Gasteiger partial charge in [0.2, 0.25) is 17.7 Å². The van der Waals surface area contributed by atoms with E-state index in [2.05, 4.69) is 10.6 Å². The predicted molar refractivity (Wildman–Crippen MR) is 99.9 cm³/mol. The predicted octanol–water partition coefficient (Wildman–Crippen LogP) is 0.488. The van der Waals surface area contributed by atoms with Gasteiger partial charge in [0.1, 0.15) is 5.60 Å². The third-order valence-corrected chi connectivity index (χ3v) is 3.90. The van der Waals surface area contributed by atoms with Crippen molar-refractivity contribution < 1.29 is 23.9 Å². The maximum atomic E-state index is 12.2. The normalized spacial score (nSPS) is 14.5. The van der Waals surface area contributed by atoms with Gasteiger partial charge in [-0.25, -0.2) is 4.79 Å². The topological polar surface area (TPSA) is 108 Å². The lowest BCUT2D eigenvalue weighted by atomic mass is 10.2. The standard InChI is InChI=1S/C18H32N4O5/c1-14(23)19-8-5-9-20-15(24)6-7-16(25)21-10-12-22(13-11-21)17(26)27-18(2,3)4/h5-13H2,1-4H3,(H,19,23)(H,20,24). The van der Waals surface area contributed by atoms with Crippen LogP contribution in [-0.4, -0.2) is 78.5 Å². The number of piperazine rings is 1. The third-order valence-electron chi connectivity index (χ3n) is 3.90. The molecule has 0 bridgehead atoms. The molecule has 4 amide bonds. The fraction of sp³-hybridized carbons (Fsp3) is 0.778. The Kier molecular flexibility index (Phi) is 9.04. The van der Waals surface area contributed by atoms with Crippen LogP contribution in [0.15, 0.2) is 0 Å². The SMILES string of the molecule is CC(=O)NCCCNC(=O)CCC(=O)N1CCN(C(=O)OC(C)(C)C)CC1. The summed E-state index contributed by atoms with van der Waals surface area (Å²) in [4.78, 5) is 50.0. The van der Waals surface area contributed by atoms with Crippen molar-refractivity contribution in [3.63, 3.8) is 0 Å². The molecule has 0 aromatic carbocycles. The van der Waals surface area contributed by atoms with Crippen molar-refractivity contribution in [3.05, 3.63) is 0 Å². The molecule has 2 N–H and O–H groups in total. The van der Waals surface area contributed by atoms with Gasteiger partial charge in [-0.15, -0.1) is 0 Å². The molecule has 27 heavy (non-hydrogen) atoms. The molecular formula is C18H32N4O5. The molecule has 0 aromatic heterocycles. The summed E-state index contributed by atoms with van der Waals surface area (Å²) >= 11 is 0. The van der Waals surface area contributed by atoms with Crippen LogP contribution in [0.25, 0.3) is 0 Å². The highest BCUT2D eigenvalue weighted by Crippen LogP contribution is 2.12. The van der Waals surface area contributed by atoms with Gasteiger partial charge in [0.15, 0.2) is 0 Å². The Morgan fingerprint density at radius 1 is 0.889 bits per heavy atom. The maximum Gasteiger partial charge on any atom is 0.410 e. The molecule has 0 unspecified atom stereocenters. The summed E-state index contributed by atoms with van der Waals surface area (Å²) in [6.45, 7) is 9.59. The van der Waals surface area contributed by atoms with E-state index in [1.54, 1.807) is 9.80 Å². The minimum Gasteiger partial charge on any atom is -0.444 e. The van der Waals surface area contributed by atoms with Crippen LogP contribution >= 0.6 is 0 Å². The first-order valence-electron chi connectivity index (χ1n) is 9.35. The second-order valence-corrected chi connectivity index (χ2v) is 7.53. The van der Waals surface area contributed by atoms with Crippen molar-refractivity contribution in [3.8, 4) is 0 Å². The van der Waals surface area contributed by atoms with Crippen LogP contribution in [-0.2, 0) is 19.1 Å². The Bertz CT molecular complexity index is 536. The van der Waals surface area contributed by atoms with Crippen molar-refractivity contribution in [2.24, 2.45) is 0 Å². The molecule has 1 heterocycles. The van der Waals surface area contributed by atoms with Crippen LogP contribution in [0.3, 0.4) is 0 Å². The number of carbonyl (C=O) groups excluding carboxylic acids is 4. The molecule has 9 nitrogen and oxygen atoms in total. The van der Waals surface area contributed by atoms with Crippen LogP contribution in [0.1, 0.15) is 47.0 Å². The number of carbonyl (C=O) groups is 4. The lowest BCUT2D eigenvalue weighted by molar-refractivity contribution is -0.135. The lowest BCUT2D eigenvalue weighted by Gasteiger charge is -2.35. The first-order chi connectivity index (χ1) is 12.6. The Morgan fingerprint density at radius 3 is 2.00 bits per heavy atom. The third kappa shape index (κ3) is 9.81. The second-order valence-electron chi connectivity index (χ2n) is 7.53. The van der Waals surface area contributed by atoms with E-state index in [1.807, 2.05) is 20.8 Å². The minimum absolute atomic E-state index is 0.0905. The zero-order valence-corrected chi connectivity index (χ0v) is 16.8. The summed E-state index contributed by atoms with van der Waals surface area (Å²) in [6.07, 6.45) is 0.550. The molecular weight excluding hydrogens is 352 g/mol. The second kappa shape index (κ2) is 10.7. The molecule has 9 heteroatoms. The average Bonchev–Trinajstić information content (AvgIpc) is 2.57. The molecule has 0 radical (unpaired) electrons. The number of ether oxygens (including phenoxy) is 1. The van der Waals surface area contributed by atoms with Gasteiger partial charge >= 0.3 is 6.09 Å². The number of nitrogens with one attached hydrogen (secondary N) is 2. The van der Waals surface area contributed by atoms with Crippen molar-refractivity contribution in [2.75, 3.05) is 39.3 Å². The van der Waals surface area contributed by atoms with Gasteiger partial charge in [-0.3, -0.25) is 14.4 Å². The smallest absolute Gasteiger partial charge is 0.410 e. The van der Waals surface area contributed by atoms with E-state index in [0.29, 0.717) is 45.7 Å². The number of hydrogen-bond donors (Lipinski definition) is 2. The highest BCUT2D eigenvalue weighted by atomic mass is 16.6. The van der Waals surface area contributed by atoms with E-state index in [4.69, 9.17) is 4.74 Å². The monoisotopic (exact) mass is 384 g/mol.